The Morgan fingerprint density at radius 1 is 1.30 bits per heavy atom. The van der Waals surface area contributed by atoms with E-state index in [0.29, 0.717) is 32.5 Å². The fraction of sp³-hybridized carbons (Fsp3) is 0.833. The second kappa shape index (κ2) is 7.47. The number of halogens is 3. The number of hydrogen-bond donors (Lipinski definition) is 1. The molecule has 1 fully saturated rings. The van der Waals surface area contributed by atoms with E-state index in [0.717, 1.165) is 0 Å². The van der Waals surface area contributed by atoms with Crippen molar-refractivity contribution in [3.8, 4) is 0 Å². The Labute approximate surface area is 115 Å². The smallest absolute Gasteiger partial charge is 0.405 e. The summed E-state index contributed by atoms with van der Waals surface area (Å²) in [4.78, 5) is 24.6. The van der Waals surface area contributed by atoms with E-state index in [1.54, 1.807) is 11.8 Å². The zero-order chi connectivity index (χ0) is 15.2. The van der Waals surface area contributed by atoms with Crippen LogP contribution in [-0.4, -0.2) is 55.7 Å². The van der Waals surface area contributed by atoms with Crippen molar-refractivity contribution in [2.45, 2.75) is 25.9 Å². The molecule has 1 N–H and O–H groups in total. The summed E-state index contributed by atoms with van der Waals surface area (Å²) in [5, 5.41) is 1.83. The average molecular weight is 296 g/mol. The first kappa shape index (κ1) is 16.7. The number of likely N-dealkylation sites (tertiary alicyclic amines) is 1. The highest BCUT2D eigenvalue weighted by molar-refractivity contribution is 5.78. The quantitative estimate of drug-likeness (QED) is 0.767. The Morgan fingerprint density at radius 2 is 1.90 bits per heavy atom. The molecule has 1 saturated heterocycles. The minimum Gasteiger partial charge on any atom is -0.466 e. The molecular formula is C12H19F3N2O3. The van der Waals surface area contributed by atoms with Crippen LogP contribution in [0.15, 0.2) is 0 Å². The summed E-state index contributed by atoms with van der Waals surface area (Å²) in [5.74, 6) is -1.07. The fourth-order valence-electron chi connectivity index (χ4n) is 2.04. The minimum absolute atomic E-state index is 0.0778. The largest absolute Gasteiger partial charge is 0.466 e. The molecule has 1 heterocycles. The van der Waals surface area contributed by atoms with Crippen LogP contribution in [0.2, 0.25) is 0 Å². The van der Waals surface area contributed by atoms with Gasteiger partial charge in [0, 0.05) is 0 Å². The number of esters is 1. The molecule has 0 bridgehead atoms. The number of hydrogen-bond acceptors (Lipinski definition) is 4. The summed E-state index contributed by atoms with van der Waals surface area (Å²) in [6.07, 6.45) is -3.27. The van der Waals surface area contributed by atoms with Crippen LogP contribution in [-0.2, 0) is 14.3 Å². The first-order valence-corrected chi connectivity index (χ1v) is 6.54. The van der Waals surface area contributed by atoms with Gasteiger partial charge in [-0.1, -0.05) is 0 Å². The van der Waals surface area contributed by atoms with Gasteiger partial charge in [-0.15, -0.1) is 0 Å². The molecule has 0 atom stereocenters. The summed E-state index contributed by atoms with van der Waals surface area (Å²) in [7, 11) is 0. The lowest BCUT2D eigenvalue weighted by atomic mass is 9.97. The SMILES string of the molecule is CCOC(=O)C1CCN(CC(=O)NCC(F)(F)F)CC1. The van der Waals surface area contributed by atoms with E-state index >= 15 is 0 Å². The second-order valence-electron chi connectivity index (χ2n) is 4.69. The third-order valence-electron chi connectivity index (χ3n) is 3.06. The molecule has 0 aromatic rings. The van der Waals surface area contributed by atoms with E-state index in [1.165, 1.54) is 0 Å². The first-order chi connectivity index (χ1) is 9.31. The maximum Gasteiger partial charge on any atom is 0.405 e. The maximum atomic E-state index is 11.9. The number of rotatable bonds is 5. The lowest BCUT2D eigenvalue weighted by molar-refractivity contribution is -0.149. The molecule has 116 valence electrons. The van der Waals surface area contributed by atoms with Crippen molar-refractivity contribution in [1.29, 1.82) is 0 Å². The molecule has 0 spiro atoms. The number of amides is 1. The fourth-order valence-corrected chi connectivity index (χ4v) is 2.04. The van der Waals surface area contributed by atoms with Crippen LogP contribution in [0.3, 0.4) is 0 Å². The van der Waals surface area contributed by atoms with Gasteiger partial charge < -0.3 is 10.1 Å². The van der Waals surface area contributed by atoms with Crippen LogP contribution in [0.4, 0.5) is 13.2 Å². The normalized spacial score (nSPS) is 17.8. The number of alkyl halides is 3. The Morgan fingerprint density at radius 3 is 2.40 bits per heavy atom. The predicted molar refractivity (Wildman–Crippen MR) is 64.9 cm³/mol. The van der Waals surface area contributed by atoms with Crippen molar-refractivity contribution in [2.75, 3.05) is 32.8 Å². The summed E-state index contributed by atoms with van der Waals surface area (Å²) in [6.45, 7) is 1.68. The Hall–Kier alpha value is -1.31. The second-order valence-corrected chi connectivity index (χ2v) is 4.69. The highest BCUT2D eigenvalue weighted by atomic mass is 19.4. The molecule has 0 saturated carbocycles. The number of nitrogens with zero attached hydrogens (tertiary/aromatic N) is 1. The topological polar surface area (TPSA) is 58.6 Å². The number of piperidine rings is 1. The van der Waals surface area contributed by atoms with Gasteiger partial charge in [0.05, 0.1) is 19.1 Å². The van der Waals surface area contributed by atoms with Crippen LogP contribution in [0, 0.1) is 5.92 Å². The first-order valence-electron chi connectivity index (χ1n) is 6.54. The number of nitrogens with one attached hydrogen (secondary N) is 1. The monoisotopic (exact) mass is 296 g/mol. The van der Waals surface area contributed by atoms with Crippen molar-refractivity contribution in [1.82, 2.24) is 10.2 Å². The number of carbonyl (C=O) groups is 2. The van der Waals surface area contributed by atoms with Gasteiger partial charge in [0.15, 0.2) is 0 Å². The van der Waals surface area contributed by atoms with Crippen molar-refractivity contribution < 1.29 is 27.5 Å². The third-order valence-corrected chi connectivity index (χ3v) is 3.06. The molecule has 20 heavy (non-hydrogen) atoms. The average Bonchev–Trinajstić information content (AvgIpc) is 2.37. The van der Waals surface area contributed by atoms with Gasteiger partial charge in [-0.2, -0.15) is 13.2 Å². The van der Waals surface area contributed by atoms with E-state index in [1.807, 2.05) is 5.32 Å². The van der Waals surface area contributed by atoms with Gasteiger partial charge in [0.2, 0.25) is 5.91 Å². The van der Waals surface area contributed by atoms with Crippen molar-refractivity contribution in [3.63, 3.8) is 0 Å². The van der Waals surface area contributed by atoms with Gasteiger partial charge in [-0.3, -0.25) is 14.5 Å². The molecule has 1 aliphatic heterocycles. The lowest BCUT2D eigenvalue weighted by Gasteiger charge is -2.30. The summed E-state index contributed by atoms with van der Waals surface area (Å²) in [6, 6.07) is 0. The van der Waals surface area contributed by atoms with Crippen LogP contribution in [0.5, 0.6) is 0 Å². The lowest BCUT2D eigenvalue weighted by Crippen LogP contribution is -2.44. The van der Waals surface area contributed by atoms with E-state index in [4.69, 9.17) is 4.74 Å². The van der Waals surface area contributed by atoms with E-state index in [-0.39, 0.29) is 18.4 Å². The van der Waals surface area contributed by atoms with Crippen LogP contribution in [0.1, 0.15) is 19.8 Å². The highest BCUT2D eigenvalue weighted by Crippen LogP contribution is 2.18. The summed E-state index contributed by atoms with van der Waals surface area (Å²) in [5.41, 5.74) is 0. The third kappa shape index (κ3) is 6.23. The van der Waals surface area contributed by atoms with Crippen molar-refractivity contribution in [3.05, 3.63) is 0 Å². The van der Waals surface area contributed by atoms with Gasteiger partial charge in [0.25, 0.3) is 0 Å². The van der Waals surface area contributed by atoms with Gasteiger partial charge >= 0.3 is 12.1 Å². The zero-order valence-corrected chi connectivity index (χ0v) is 11.3. The molecule has 0 unspecified atom stereocenters. The Balaban J connectivity index is 2.25. The molecule has 1 aliphatic rings. The number of ether oxygens (including phenoxy) is 1. The van der Waals surface area contributed by atoms with Crippen LogP contribution in [0.25, 0.3) is 0 Å². The van der Waals surface area contributed by atoms with E-state index < -0.39 is 18.6 Å². The molecule has 0 radical (unpaired) electrons. The van der Waals surface area contributed by atoms with Gasteiger partial charge in [0.1, 0.15) is 6.54 Å². The molecule has 0 aromatic heterocycles. The summed E-state index contributed by atoms with van der Waals surface area (Å²) >= 11 is 0. The molecule has 1 rings (SSSR count). The van der Waals surface area contributed by atoms with Crippen LogP contribution < -0.4 is 5.32 Å². The standard InChI is InChI=1S/C12H19F3N2O3/c1-2-20-11(19)9-3-5-17(6-4-9)7-10(18)16-8-12(13,14)15/h9H,2-8H2,1H3,(H,16,18). The number of carbonyl (C=O) groups excluding carboxylic acids is 2. The summed E-state index contributed by atoms with van der Waals surface area (Å²) < 4.78 is 40.7. The van der Waals surface area contributed by atoms with E-state index in [2.05, 4.69) is 0 Å². The molecule has 0 aliphatic carbocycles. The highest BCUT2D eigenvalue weighted by Gasteiger charge is 2.29. The molecule has 0 aromatic carbocycles. The predicted octanol–water partition coefficient (Wildman–Crippen LogP) is 0.940. The van der Waals surface area contributed by atoms with Crippen molar-refractivity contribution >= 4 is 11.9 Å². The molecule has 5 nitrogen and oxygen atoms in total. The minimum atomic E-state index is -4.40. The van der Waals surface area contributed by atoms with E-state index in [9.17, 15) is 22.8 Å². The maximum absolute atomic E-state index is 11.9. The van der Waals surface area contributed by atoms with Gasteiger partial charge in [-0.05, 0) is 32.9 Å². The Kier molecular flexibility index (Phi) is 6.25. The zero-order valence-electron chi connectivity index (χ0n) is 11.3. The molecule has 1 amide bonds. The van der Waals surface area contributed by atoms with Crippen molar-refractivity contribution in [2.24, 2.45) is 5.92 Å². The molecule has 8 heteroatoms. The molecular weight excluding hydrogens is 277 g/mol. The van der Waals surface area contributed by atoms with Gasteiger partial charge in [-0.25, -0.2) is 0 Å². The van der Waals surface area contributed by atoms with Crippen LogP contribution >= 0.6 is 0 Å². The Bertz CT molecular complexity index is 339.